The van der Waals surface area contributed by atoms with Crippen molar-refractivity contribution in [2.75, 3.05) is 11.9 Å². The standard InChI is InChI=1S/C17H18BrNO4S/c1-2-22-17(21)14-10-6-4-3-5-7-12(10)24-16(14)19-15(20)11-8-9-13(18)23-11/h8-9H,2-7H2,1H3,(H,19,20). The highest BCUT2D eigenvalue weighted by Gasteiger charge is 2.27. The molecule has 2 aromatic heterocycles. The Morgan fingerprint density at radius 1 is 1.29 bits per heavy atom. The summed E-state index contributed by atoms with van der Waals surface area (Å²) in [5.74, 6) is -0.546. The zero-order chi connectivity index (χ0) is 17.1. The number of ether oxygens (including phenoxy) is 1. The number of furan rings is 1. The number of hydrogen-bond donors (Lipinski definition) is 1. The Balaban J connectivity index is 1.94. The van der Waals surface area contributed by atoms with Crippen LogP contribution < -0.4 is 5.32 Å². The number of anilines is 1. The smallest absolute Gasteiger partial charge is 0.341 e. The van der Waals surface area contributed by atoms with Crippen molar-refractivity contribution in [2.24, 2.45) is 0 Å². The lowest BCUT2D eigenvalue weighted by Crippen LogP contribution is -2.14. The van der Waals surface area contributed by atoms with Crippen LogP contribution in [0.25, 0.3) is 0 Å². The fraction of sp³-hybridized carbons (Fsp3) is 0.412. The number of esters is 1. The second-order valence-electron chi connectivity index (χ2n) is 5.55. The summed E-state index contributed by atoms with van der Waals surface area (Å²) in [5.41, 5.74) is 1.55. The molecule has 3 rings (SSSR count). The van der Waals surface area contributed by atoms with Crippen molar-refractivity contribution in [1.82, 2.24) is 0 Å². The number of halogens is 1. The van der Waals surface area contributed by atoms with E-state index in [0.717, 1.165) is 37.7 Å². The van der Waals surface area contributed by atoms with Crippen LogP contribution in [0.15, 0.2) is 21.2 Å². The molecule has 0 radical (unpaired) electrons. The van der Waals surface area contributed by atoms with Crippen molar-refractivity contribution in [3.63, 3.8) is 0 Å². The number of amides is 1. The second kappa shape index (κ2) is 7.53. The number of nitrogens with one attached hydrogen (secondary N) is 1. The van der Waals surface area contributed by atoms with Crippen LogP contribution in [0.1, 0.15) is 57.5 Å². The molecule has 0 spiro atoms. The van der Waals surface area contributed by atoms with E-state index in [4.69, 9.17) is 9.15 Å². The van der Waals surface area contributed by atoms with Gasteiger partial charge in [-0.1, -0.05) is 6.42 Å². The predicted molar refractivity (Wildman–Crippen MR) is 95.9 cm³/mol. The minimum Gasteiger partial charge on any atom is -0.462 e. The molecular weight excluding hydrogens is 394 g/mol. The number of aryl methyl sites for hydroxylation is 1. The summed E-state index contributed by atoms with van der Waals surface area (Å²) in [6.45, 7) is 2.09. The van der Waals surface area contributed by atoms with E-state index in [9.17, 15) is 9.59 Å². The van der Waals surface area contributed by atoms with Crippen LogP contribution in [-0.2, 0) is 17.6 Å². The van der Waals surface area contributed by atoms with Gasteiger partial charge in [-0.05, 0) is 66.2 Å². The molecule has 2 aromatic rings. The van der Waals surface area contributed by atoms with Crippen LogP contribution in [0.3, 0.4) is 0 Å². The van der Waals surface area contributed by atoms with Crippen molar-refractivity contribution >= 4 is 44.1 Å². The summed E-state index contributed by atoms with van der Waals surface area (Å²) in [4.78, 5) is 26.0. The number of thiophene rings is 1. The Morgan fingerprint density at radius 2 is 2.08 bits per heavy atom. The summed E-state index contributed by atoms with van der Waals surface area (Å²) >= 11 is 4.65. The normalized spacial score (nSPS) is 13.9. The topological polar surface area (TPSA) is 68.5 Å². The van der Waals surface area contributed by atoms with Gasteiger partial charge in [0, 0.05) is 4.88 Å². The predicted octanol–water partition coefficient (Wildman–Crippen LogP) is 4.80. The van der Waals surface area contributed by atoms with Crippen LogP contribution >= 0.6 is 27.3 Å². The summed E-state index contributed by atoms with van der Waals surface area (Å²) in [5, 5.41) is 3.37. The minimum absolute atomic E-state index is 0.195. The fourth-order valence-corrected chi connectivity index (χ4v) is 4.43. The van der Waals surface area contributed by atoms with Gasteiger partial charge >= 0.3 is 5.97 Å². The van der Waals surface area contributed by atoms with Gasteiger partial charge in [0.1, 0.15) is 5.00 Å². The molecule has 1 aliphatic rings. The van der Waals surface area contributed by atoms with Crippen LogP contribution in [0.2, 0.25) is 0 Å². The largest absolute Gasteiger partial charge is 0.462 e. The van der Waals surface area contributed by atoms with Crippen LogP contribution in [0, 0.1) is 0 Å². The molecule has 128 valence electrons. The van der Waals surface area contributed by atoms with Crippen molar-refractivity contribution in [3.05, 3.63) is 38.6 Å². The van der Waals surface area contributed by atoms with Gasteiger partial charge in [-0.2, -0.15) is 0 Å². The lowest BCUT2D eigenvalue weighted by Gasteiger charge is -2.07. The summed E-state index contributed by atoms with van der Waals surface area (Å²) in [6, 6.07) is 3.24. The van der Waals surface area contributed by atoms with Crippen molar-refractivity contribution < 1.29 is 18.7 Å². The Hall–Kier alpha value is -1.60. The Bertz CT molecular complexity index is 765. The van der Waals surface area contributed by atoms with E-state index < -0.39 is 0 Å². The SMILES string of the molecule is CCOC(=O)c1c(NC(=O)c2ccc(Br)o2)sc2c1CCCCC2. The summed E-state index contributed by atoms with van der Waals surface area (Å²) in [7, 11) is 0. The Kier molecular flexibility index (Phi) is 5.40. The van der Waals surface area contributed by atoms with Crippen molar-refractivity contribution in [3.8, 4) is 0 Å². The molecule has 24 heavy (non-hydrogen) atoms. The summed E-state index contributed by atoms with van der Waals surface area (Å²) in [6.07, 6.45) is 5.10. The van der Waals surface area contributed by atoms with Gasteiger partial charge in [-0.25, -0.2) is 4.79 Å². The van der Waals surface area contributed by atoms with E-state index in [2.05, 4.69) is 21.2 Å². The molecule has 0 saturated heterocycles. The molecule has 1 aliphatic carbocycles. The molecule has 0 aromatic carbocycles. The average Bonchev–Trinajstić information content (AvgIpc) is 3.04. The zero-order valence-corrected chi connectivity index (χ0v) is 15.7. The molecule has 1 N–H and O–H groups in total. The fourth-order valence-electron chi connectivity index (χ4n) is 2.85. The molecule has 0 saturated carbocycles. The molecule has 0 bridgehead atoms. The van der Waals surface area contributed by atoms with Gasteiger partial charge < -0.3 is 14.5 Å². The molecule has 0 atom stereocenters. The van der Waals surface area contributed by atoms with E-state index in [1.807, 2.05) is 0 Å². The first-order valence-electron chi connectivity index (χ1n) is 7.98. The van der Waals surface area contributed by atoms with Crippen LogP contribution in [-0.4, -0.2) is 18.5 Å². The Morgan fingerprint density at radius 3 is 2.79 bits per heavy atom. The van der Waals surface area contributed by atoms with Gasteiger partial charge in [0.15, 0.2) is 10.4 Å². The van der Waals surface area contributed by atoms with E-state index in [0.29, 0.717) is 21.8 Å². The molecule has 7 heteroatoms. The minimum atomic E-state index is -0.373. The molecule has 0 unspecified atom stereocenters. The van der Waals surface area contributed by atoms with E-state index in [-0.39, 0.29) is 17.6 Å². The molecule has 0 aliphatic heterocycles. The lowest BCUT2D eigenvalue weighted by molar-refractivity contribution is 0.0527. The zero-order valence-electron chi connectivity index (χ0n) is 13.3. The highest BCUT2D eigenvalue weighted by molar-refractivity contribution is 9.10. The van der Waals surface area contributed by atoms with Gasteiger partial charge in [-0.15, -0.1) is 11.3 Å². The average molecular weight is 412 g/mol. The number of fused-ring (bicyclic) bond motifs is 1. The van der Waals surface area contributed by atoms with E-state index >= 15 is 0 Å². The van der Waals surface area contributed by atoms with E-state index in [1.54, 1.807) is 19.1 Å². The monoisotopic (exact) mass is 411 g/mol. The quantitative estimate of drug-likeness (QED) is 0.579. The van der Waals surface area contributed by atoms with Gasteiger partial charge in [0.2, 0.25) is 0 Å². The molecular formula is C17H18BrNO4S. The molecule has 0 fully saturated rings. The van der Waals surface area contributed by atoms with Gasteiger partial charge in [0.05, 0.1) is 12.2 Å². The first-order valence-corrected chi connectivity index (χ1v) is 9.59. The Labute approximate surface area is 152 Å². The van der Waals surface area contributed by atoms with Crippen molar-refractivity contribution in [1.29, 1.82) is 0 Å². The van der Waals surface area contributed by atoms with E-state index in [1.165, 1.54) is 16.2 Å². The highest BCUT2D eigenvalue weighted by Crippen LogP contribution is 2.38. The third kappa shape index (κ3) is 3.57. The highest BCUT2D eigenvalue weighted by atomic mass is 79.9. The number of hydrogen-bond acceptors (Lipinski definition) is 5. The maximum absolute atomic E-state index is 12.4. The third-order valence-electron chi connectivity index (χ3n) is 3.92. The summed E-state index contributed by atoms with van der Waals surface area (Å²) < 4.78 is 11.0. The second-order valence-corrected chi connectivity index (χ2v) is 7.43. The van der Waals surface area contributed by atoms with Crippen LogP contribution in [0.5, 0.6) is 0 Å². The van der Waals surface area contributed by atoms with Gasteiger partial charge in [0.25, 0.3) is 5.91 Å². The first kappa shape index (κ1) is 17.2. The van der Waals surface area contributed by atoms with Gasteiger partial charge in [-0.3, -0.25) is 4.79 Å². The first-order chi connectivity index (χ1) is 11.6. The molecule has 1 amide bonds. The number of carbonyl (C=O) groups is 2. The number of carbonyl (C=O) groups excluding carboxylic acids is 2. The maximum atomic E-state index is 12.4. The van der Waals surface area contributed by atoms with Crippen molar-refractivity contribution in [2.45, 2.75) is 39.0 Å². The molecule has 5 nitrogen and oxygen atoms in total. The maximum Gasteiger partial charge on any atom is 0.341 e. The number of rotatable bonds is 4. The van der Waals surface area contributed by atoms with Crippen LogP contribution in [0.4, 0.5) is 5.00 Å². The molecule has 2 heterocycles. The lowest BCUT2D eigenvalue weighted by atomic mass is 10.1. The third-order valence-corrected chi connectivity index (χ3v) is 5.56.